The summed E-state index contributed by atoms with van der Waals surface area (Å²) in [7, 11) is -11.0. The number of nitrogens with zero attached hydrogens (tertiary/aromatic N) is 2. The smallest absolute Gasteiger partial charge is 0.353 e. The van der Waals surface area contributed by atoms with Gasteiger partial charge in [0, 0.05) is 12.3 Å². The summed E-state index contributed by atoms with van der Waals surface area (Å²) >= 11 is 0. The van der Waals surface area contributed by atoms with Crippen LogP contribution in [0.25, 0.3) is 0 Å². The molecule has 44 heavy (non-hydrogen) atoms. The lowest BCUT2D eigenvalue weighted by Gasteiger charge is -2.51. The molecule has 244 valence electrons. The van der Waals surface area contributed by atoms with Crippen LogP contribution in [0.3, 0.4) is 0 Å². The summed E-state index contributed by atoms with van der Waals surface area (Å²) < 4.78 is 78.1. The van der Waals surface area contributed by atoms with Crippen molar-refractivity contribution < 1.29 is 35.2 Å². The van der Waals surface area contributed by atoms with Crippen LogP contribution < -0.4 is 10.4 Å². The third-order valence-electron chi connectivity index (χ3n) is 8.40. The Kier molecular flexibility index (Phi) is 10.4. The summed E-state index contributed by atoms with van der Waals surface area (Å²) in [5, 5.41) is -1.44. The van der Waals surface area contributed by atoms with Crippen LogP contribution >= 0.6 is 0 Å². The van der Waals surface area contributed by atoms with E-state index in [1.54, 1.807) is 13.0 Å². The van der Waals surface area contributed by atoms with Gasteiger partial charge in [0.05, 0.1) is 23.7 Å². The van der Waals surface area contributed by atoms with Gasteiger partial charge in [-0.15, -0.1) is 0 Å². The van der Waals surface area contributed by atoms with Gasteiger partial charge in [-0.3, -0.25) is 4.57 Å². The Morgan fingerprint density at radius 2 is 1.59 bits per heavy atom. The summed E-state index contributed by atoms with van der Waals surface area (Å²) in [6.07, 6.45) is -2.25. The monoisotopic (exact) mass is 668 g/mol. The van der Waals surface area contributed by atoms with Gasteiger partial charge in [-0.25, -0.2) is 13.2 Å². The van der Waals surface area contributed by atoms with Crippen LogP contribution in [0.15, 0.2) is 63.0 Å². The second kappa shape index (κ2) is 13.3. The molecule has 4 rings (SSSR count). The highest BCUT2D eigenvalue weighted by Crippen LogP contribution is 2.50. The first kappa shape index (κ1) is 34.7. The van der Waals surface area contributed by atoms with Crippen molar-refractivity contribution in [1.82, 2.24) is 9.55 Å². The molecule has 3 atom stereocenters. The fraction of sp³-hybridized carbons (Fsp3) is 0.600. The first-order chi connectivity index (χ1) is 20.6. The lowest BCUT2D eigenvalue weighted by Crippen LogP contribution is -2.65. The SMILES string of the molecule is CCOc1ccn(C2O[C@@H]3CO[Si](C(C)C)(C(C)C)O[Si](C(C)C)(C(C)C)O[C@H]3/C2=C(\F)S(=O)(=O)c2ccccc2)c(=O)n1. The molecule has 2 saturated heterocycles. The van der Waals surface area contributed by atoms with Gasteiger partial charge in [-0.1, -0.05) is 73.6 Å². The maximum Gasteiger partial charge on any atom is 0.353 e. The third-order valence-corrected chi connectivity index (χ3v) is 20.2. The van der Waals surface area contributed by atoms with Crippen molar-refractivity contribution in [1.29, 1.82) is 0 Å². The fourth-order valence-electron chi connectivity index (χ4n) is 6.13. The van der Waals surface area contributed by atoms with E-state index in [1.165, 1.54) is 36.5 Å². The van der Waals surface area contributed by atoms with Gasteiger partial charge < -0.3 is 22.4 Å². The average molecular weight is 669 g/mol. The van der Waals surface area contributed by atoms with E-state index in [2.05, 4.69) is 32.7 Å². The number of fused-ring (bicyclic) bond motifs is 1. The van der Waals surface area contributed by atoms with Gasteiger partial charge in [-0.05, 0) is 41.2 Å². The fourth-order valence-corrected chi connectivity index (χ4v) is 18.5. The van der Waals surface area contributed by atoms with Crippen LogP contribution in [0.1, 0.15) is 68.5 Å². The zero-order valence-corrected chi connectivity index (χ0v) is 29.8. The number of aromatic nitrogens is 2. The van der Waals surface area contributed by atoms with E-state index in [0.29, 0.717) is 0 Å². The Morgan fingerprint density at radius 1 is 1.00 bits per heavy atom. The average Bonchev–Trinajstić information content (AvgIpc) is 3.29. The molecule has 0 spiro atoms. The number of rotatable bonds is 9. The van der Waals surface area contributed by atoms with Gasteiger partial charge in [0.2, 0.25) is 20.9 Å². The first-order valence-electron chi connectivity index (χ1n) is 15.2. The quantitative estimate of drug-likeness (QED) is 0.290. The van der Waals surface area contributed by atoms with Crippen molar-refractivity contribution in [2.24, 2.45) is 0 Å². The minimum atomic E-state index is -4.66. The van der Waals surface area contributed by atoms with E-state index in [-0.39, 0.29) is 51.7 Å². The minimum absolute atomic E-state index is 0.0359. The normalized spacial score (nSPS) is 24.8. The van der Waals surface area contributed by atoms with Gasteiger partial charge in [0.1, 0.15) is 12.2 Å². The van der Waals surface area contributed by atoms with Crippen LogP contribution in [0.5, 0.6) is 5.88 Å². The highest BCUT2D eigenvalue weighted by atomic mass is 32.2. The van der Waals surface area contributed by atoms with Crippen molar-refractivity contribution in [2.75, 3.05) is 13.2 Å². The van der Waals surface area contributed by atoms with E-state index < -0.39 is 56.2 Å². The van der Waals surface area contributed by atoms with E-state index in [4.69, 9.17) is 22.4 Å². The number of sulfone groups is 1. The van der Waals surface area contributed by atoms with Crippen LogP contribution in [0, 0.1) is 0 Å². The Labute approximate surface area is 262 Å². The van der Waals surface area contributed by atoms with E-state index in [0.717, 1.165) is 4.57 Å². The summed E-state index contributed by atoms with van der Waals surface area (Å²) in [6.45, 7) is 18.4. The van der Waals surface area contributed by atoms with Crippen LogP contribution in [0.2, 0.25) is 22.2 Å². The molecule has 1 unspecified atom stereocenters. The molecule has 0 aliphatic carbocycles. The Bertz CT molecular complexity index is 1500. The van der Waals surface area contributed by atoms with Crippen molar-refractivity contribution in [3.8, 4) is 5.88 Å². The number of halogens is 1. The maximum atomic E-state index is 16.8. The van der Waals surface area contributed by atoms with Gasteiger partial charge >= 0.3 is 22.8 Å². The number of hydrogen-bond donors (Lipinski definition) is 0. The molecule has 0 radical (unpaired) electrons. The lowest BCUT2D eigenvalue weighted by atomic mass is 10.1. The Hall–Kier alpha value is -2.21. The molecule has 1 aromatic carbocycles. The first-order valence-corrected chi connectivity index (χ1v) is 20.6. The van der Waals surface area contributed by atoms with E-state index >= 15 is 4.39 Å². The van der Waals surface area contributed by atoms with Gasteiger partial charge in [0.25, 0.3) is 0 Å². The molecule has 3 heterocycles. The van der Waals surface area contributed by atoms with Gasteiger partial charge in [0.15, 0.2) is 6.23 Å². The molecule has 10 nitrogen and oxygen atoms in total. The molecule has 0 saturated carbocycles. The van der Waals surface area contributed by atoms with Crippen LogP contribution in [0.4, 0.5) is 4.39 Å². The Balaban J connectivity index is 1.99. The molecule has 2 aliphatic rings. The summed E-state index contributed by atoms with van der Waals surface area (Å²) in [4.78, 5) is 17.0. The third kappa shape index (κ3) is 6.14. The lowest BCUT2D eigenvalue weighted by molar-refractivity contribution is -0.0562. The highest BCUT2D eigenvalue weighted by molar-refractivity contribution is 7.95. The molecule has 2 fully saturated rings. The second-order valence-corrected chi connectivity index (χ2v) is 23.2. The van der Waals surface area contributed by atoms with Crippen LogP contribution in [-0.4, -0.2) is 60.5 Å². The maximum absolute atomic E-state index is 16.8. The van der Waals surface area contributed by atoms with Crippen molar-refractivity contribution in [3.63, 3.8) is 0 Å². The van der Waals surface area contributed by atoms with Crippen LogP contribution in [-0.2, 0) is 27.5 Å². The molecule has 14 heteroatoms. The molecule has 2 aromatic rings. The number of hydrogen-bond acceptors (Lipinski definition) is 9. The molecule has 0 N–H and O–H groups in total. The molecular weight excluding hydrogens is 624 g/mol. The van der Waals surface area contributed by atoms with Crippen molar-refractivity contribution in [3.05, 3.63) is 63.8 Å². The largest absolute Gasteiger partial charge is 0.478 e. The van der Waals surface area contributed by atoms with E-state index in [1.807, 2.05) is 27.7 Å². The predicted molar refractivity (Wildman–Crippen MR) is 169 cm³/mol. The topological polar surface area (TPSA) is 115 Å². The zero-order valence-electron chi connectivity index (χ0n) is 26.9. The Morgan fingerprint density at radius 3 is 2.11 bits per heavy atom. The number of ether oxygens (including phenoxy) is 2. The molecule has 0 bridgehead atoms. The molecule has 1 aromatic heterocycles. The number of benzene rings is 1. The second-order valence-electron chi connectivity index (χ2n) is 12.5. The predicted octanol–water partition coefficient (Wildman–Crippen LogP) is 6.15. The van der Waals surface area contributed by atoms with Crippen molar-refractivity contribution >= 4 is 27.0 Å². The molecule has 0 amide bonds. The summed E-state index contributed by atoms with van der Waals surface area (Å²) in [6, 6.07) is 8.77. The van der Waals surface area contributed by atoms with Gasteiger partial charge in [-0.2, -0.15) is 9.37 Å². The highest BCUT2D eigenvalue weighted by Gasteiger charge is 2.61. The minimum Gasteiger partial charge on any atom is -0.478 e. The molecule has 2 aliphatic heterocycles. The zero-order chi connectivity index (χ0) is 32.6. The summed E-state index contributed by atoms with van der Waals surface area (Å²) in [5.41, 5.74) is -1.24. The van der Waals surface area contributed by atoms with E-state index in [9.17, 15) is 13.2 Å². The molecular formula is C30H45FN2O8SSi2. The standard InChI is InChI=1S/C30H45FN2O8SSi2/c1-10-37-25-16-17-33(30(34)32-25)29-26(28(31)42(35,36)23-14-12-11-13-15-23)27-24(39-29)18-38-43(19(2)3,20(4)5)41-44(40-27,21(6)7)22(8)9/h11-17,19-22,24,27,29H,10,18H2,1-9H3/b28-26-/t24-,27-,29?/m1/s1. The summed E-state index contributed by atoms with van der Waals surface area (Å²) in [5.74, 6) is 0.0874. The van der Waals surface area contributed by atoms with Crippen molar-refractivity contribution in [2.45, 2.75) is 108 Å².